The highest BCUT2D eigenvalue weighted by Gasteiger charge is 2.29. The second-order valence-electron chi connectivity index (χ2n) is 9.44. The van der Waals surface area contributed by atoms with Crippen molar-refractivity contribution in [1.29, 1.82) is 0 Å². The van der Waals surface area contributed by atoms with Crippen LogP contribution in [0.25, 0.3) is 0 Å². The average Bonchev–Trinajstić information content (AvgIpc) is 2.85. The summed E-state index contributed by atoms with van der Waals surface area (Å²) in [5, 5.41) is 0. The van der Waals surface area contributed by atoms with E-state index in [1.54, 1.807) is 0 Å². The van der Waals surface area contributed by atoms with Crippen molar-refractivity contribution in [3.63, 3.8) is 0 Å². The molecule has 2 aromatic carbocycles. The molecule has 2 saturated carbocycles. The summed E-state index contributed by atoms with van der Waals surface area (Å²) in [5.74, 6) is 1.88. The van der Waals surface area contributed by atoms with Crippen LogP contribution in [0, 0.1) is 17.8 Å². The van der Waals surface area contributed by atoms with Gasteiger partial charge in [0.25, 0.3) is 0 Å². The summed E-state index contributed by atoms with van der Waals surface area (Å²) in [7, 11) is 0. The molecule has 2 aliphatic carbocycles. The van der Waals surface area contributed by atoms with Crippen molar-refractivity contribution in [3.05, 3.63) is 66.2 Å². The third-order valence-electron chi connectivity index (χ3n) is 7.20. The van der Waals surface area contributed by atoms with E-state index in [4.69, 9.17) is 9.47 Å². The fourth-order valence-corrected chi connectivity index (χ4v) is 5.18. The van der Waals surface area contributed by atoms with Crippen molar-refractivity contribution in [2.45, 2.75) is 70.3 Å². The summed E-state index contributed by atoms with van der Waals surface area (Å²) in [6.45, 7) is 0. The van der Waals surface area contributed by atoms with E-state index in [0.717, 1.165) is 63.2 Å². The lowest BCUT2D eigenvalue weighted by Gasteiger charge is -2.31. The topological polar surface area (TPSA) is 52.6 Å². The van der Waals surface area contributed by atoms with E-state index in [2.05, 4.69) is 0 Å². The first kappa shape index (κ1) is 22.6. The van der Waals surface area contributed by atoms with Crippen LogP contribution in [-0.4, -0.2) is 18.0 Å². The van der Waals surface area contributed by atoms with Gasteiger partial charge in [-0.25, -0.2) is 4.79 Å². The number of carbonyl (C=O) groups is 2. The lowest BCUT2D eigenvalue weighted by atomic mass is 9.77. The number of hydrogen-bond donors (Lipinski definition) is 0. The van der Waals surface area contributed by atoms with E-state index >= 15 is 0 Å². The van der Waals surface area contributed by atoms with E-state index in [9.17, 15) is 9.59 Å². The summed E-state index contributed by atoms with van der Waals surface area (Å²) in [5.41, 5.74) is 0.637. The van der Waals surface area contributed by atoms with Gasteiger partial charge in [-0.05, 0) is 87.5 Å². The predicted molar refractivity (Wildman–Crippen MR) is 124 cm³/mol. The molecule has 4 heteroatoms. The Kier molecular flexibility index (Phi) is 7.97. The molecule has 0 N–H and O–H groups in total. The zero-order valence-electron chi connectivity index (χ0n) is 18.8. The minimum atomic E-state index is -0.198. The largest absolute Gasteiger partial charge is 0.459 e. The molecule has 0 spiro atoms. The third kappa shape index (κ3) is 6.44. The van der Waals surface area contributed by atoms with Gasteiger partial charge in [-0.1, -0.05) is 49.2 Å². The summed E-state index contributed by atoms with van der Waals surface area (Å²) >= 11 is 0. The van der Waals surface area contributed by atoms with Crippen LogP contribution in [0.4, 0.5) is 0 Å². The molecule has 2 fully saturated rings. The molecule has 4 nitrogen and oxygen atoms in total. The van der Waals surface area contributed by atoms with Crippen LogP contribution in [-0.2, 0) is 9.53 Å². The predicted octanol–water partition coefficient (Wildman–Crippen LogP) is 6.59. The van der Waals surface area contributed by atoms with E-state index < -0.39 is 0 Å². The molecule has 0 saturated heterocycles. The van der Waals surface area contributed by atoms with Crippen LogP contribution in [0.2, 0.25) is 0 Å². The normalized spacial score (nSPS) is 25.6. The fourth-order valence-electron chi connectivity index (χ4n) is 5.18. The lowest BCUT2D eigenvalue weighted by Crippen LogP contribution is -2.27. The van der Waals surface area contributed by atoms with E-state index in [0.29, 0.717) is 11.3 Å². The second kappa shape index (κ2) is 11.3. The van der Waals surface area contributed by atoms with Crippen molar-refractivity contribution in [3.8, 4) is 5.75 Å². The van der Waals surface area contributed by atoms with Gasteiger partial charge in [0.1, 0.15) is 11.9 Å². The molecular formula is C28H34O4. The number of rotatable bonds is 7. The molecule has 0 aliphatic heterocycles. The van der Waals surface area contributed by atoms with Crippen molar-refractivity contribution >= 4 is 11.9 Å². The van der Waals surface area contributed by atoms with Crippen molar-refractivity contribution in [1.82, 2.24) is 0 Å². The van der Waals surface area contributed by atoms with E-state index in [-0.39, 0.29) is 24.0 Å². The van der Waals surface area contributed by atoms with Crippen LogP contribution >= 0.6 is 0 Å². The number of ether oxygens (including phenoxy) is 2. The van der Waals surface area contributed by atoms with Crippen molar-refractivity contribution in [2.75, 3.05) is 0 Å². The number of hydrogen-bond acceptors (Lipinski definition) is 4. The minimum Gasteiger partial charge on any atom is -0.459 e. The van der Waals surface area contributed by atoms with Gasteiger partial charge in [-0.3, -0.25) is 4.79 Å². The Bertz CT molecular complexity index is 848. The first-order valence-corrected chi connectivity index (χ1v) is 12.2. The van der Waals surface area contributed by atoms with Crippen LogP contribution < -0.4 is 4.74 Å². The lowest BCUT2D eigenvalue weighted by molar-refractivity contribution is -0.140. The van der Waals surface area contributed by atoms with Crippen molar-refractivity contribution in [2.24, 2.45) is 17.8 Å². The highest BCUT2D eigenvalue weighted by atomic mass is 16.5. The molecule has 0 aromatic heterocycles. The molecule has 2 aromatic rings. The Morgan fingerprint density at radius 2 is 1.22 bits per heavy atom. The number of carbonyl (C=O) groups excluding carboxylic acids is 2. The monoisotopic (exact) mass is 434 g/mol. The maximum Gasteiger partial charge on any atom is 0.338 e. The van der Waals surface area contributed by atoms with Gasteiger partial charge in [0.2, 0.25) is 0 Å². The molecule has 4 rings (SSSR count). The summed E-state index contributed by atoms with van der Waals surface area (Å²) in [6.07, 6.45) is 10.9. The molecule has 32 heavy (non-hydrogen) atoms. The van der Waals surface area contributed by atoms with Gasteiger partial charge in [-0.2, -0.15) is 0 Å². The zero-order chi connectivity index (χ0) is 22.2. The quantitative estimate of drug-likeness (QED) is 0.364. The molecule has 170 valence electrons. The number of esters is 2. The van der Waals surface area contributed by atoms with Gasteiger partial charge in [-0.15, -0.1) is 0 Å². The van der Waals surface area contributed by atoms with Crippen LogP contribution in [0.5, 0.6) is 5.75 Å². The first-order valence-electron chi connectivity index (χ1n) is 12.2. The van der Waals surface area contributed by atoms with Crippen LogP contribution in [0.1, 0.15) is 74.6 Å². The average molecular weight is 435 g/mol. The molecule has 0 atom stereocenters. The Balaban J connectivity index is 1.11. The van der Waals surface area contributed by atoms with Gasteiger partial charge in [0.15, 0.2) is 0 Å². The second-order valence-corrected chi connectivity index (χ2v) is 9.44. The number of benzene rings is 2. The maximum absolute atomic E-state index is 12.4. The number of para-hydroxylation sites is 1. The zero-order valence-corrected chi connectivity index (χ0v) is 18.8. The van der Waals surface area contributed by atoms with Crippen molar-refractivity contribution < 1.29 is 19.1 Å². The van der Waals surface area contributed by atoms with E-state index in [1.165, 1.54) is 12.8 Å². The molecular weight excluding hydrogens is 400 g/mol. The Hall–Kier alpha value is -2.62. The molecule has 2 aliphatic rings. The molecule has 0 amide bonds. The van der Waals surface area contributed by atoms with Gasteiger partial charge < -0.3 is 9.47 Å². The Labute approximate surface area is 191 Å². The van der Waals surface area contributed by atoms with Gasteiger partial charge in [0.05, 0.1) is 11.5 Å². The smallest absolute Gasteiger partial charge is 0.338 e. The van der Waals surface area contributed by atoms with Crippen LogP contribution in [0.15, 0.2) is 60.7 Å². The summed E-state index contributed by atoms with van der Waals surface area (Å²) in [4.78, 5) is 24.7. The standard InChI is InChI=1S/C28H34O4/c29-27(23-7-3-1-4-8-23)32-26-19-15-22(16-20-26)12-11-21-13-17-24(18-14-21)28(30)31-25-9-5-2-6-10-25/h1-10,21-22,24,26H,11-20H2. The highest BCUT2D eigenvalue weighted by Crippen LogP contribution is 2.36. The fraction of sp³-hybridized carbons (Fsp3) is 0.500. The van der Waals surface area contributed by atoms with Crippen LogP contribution in [0.3, 0.4) is 0 Å². The maximum atomic E-state index is 12.4. The Morgan fingerprint density at radius 3 is 1.81 bits per heavy atom. The molecule has 0 bridgehead atoms. The van der Waals surface area contributed by atoms with Gasteiger partial charge in [0, 0.05) is 0 Å². The highest BCUT2D eigenvalue weighted by molar-refractivity contribution is 5.89. The molecule has 0 heterocycles. The summed E-state index contributed by atoms with van der Waals surface area (Å²) < 4.78 is 11.2. The molecule has 0 unspecified atom stereocenters. The third-order valence-corrected chi connectivity index (χ3v) is 7.20. The minimum absolute atomic E-state index is 0.0428. The van der Waals surface area contributed by atoms with Gasteiger partial charge >= 0.3 is 11.9 Å². The molecule has 0 radical (unpaired) electrons. The first-order chi connectivity index (χ1) is 15.7. The summed E-state index contributed by atoms with van der Waals surface area (Å²) in [6, 6.07) is 18.6. The SMILES string of the molecule is O=C(OC1CCC(CCC2CCC(C(=O)Oc3ccccc3)CC2)CC1)c1ccccc1. The van der Waals surface area contributed by atoms with E-state index in [1.807, 2.05) is 60.7 Å². The Morgan fingerprint density at radius 1 is 0.688 bits per heavy atom.